The Hall–Kier alpha value is -0.980. The molecule has 19 heavy (non-hydrogen) atoms. The van der Waals surface area contributed by atoms with Crippen LogP contribution in [0.4, 0.5) is 5.69 Å². The fraction of sp³-hybridized carbons (Fsp3) is 0.667. The molecule has 1 saturated carbocycles. The van der Waals surface area contributed by atoms with Crippen molar-refractivity contribution < 1.29 is 0 Å². The van der Waals surface area contributed by atoms with E-state index in [0.29, 0.717) is 12.0 Å². The van der Waals surface area contributed by atoms with E-state index in [-0.39, 0.29) is 0 Å². The lowest BCUT2D eigenvalue weighted by molar-refractivity contribution is 0.267. The van der Waals surface area contributed by atoms with Gasteiger partial charge >= 0.3 is 0 Å². The summed E-state index contributed by atoms with van der Waals surface area (Å²) < 4.78 is 0. The molecule has 0 bridgehead atoms. The zero-order valence-electron chi connectivity index (χ0n) is 12.9. The van der Waals surface area contributed by atoms with Crippen LogP contribution in [0.3, 0.4) is 0 Å². The lowest BCUT2D eigenvalue weighted by Crippen LogP contribution is -2.27. The van der Waals surface area contributed by atoms with Crippen LogP contribution < -0.4 is 5.32 Å². The zero-order valence-corrected chi connectivity index (χ0v) is 12.9. The lowest BCUT2D eigenvalue weighted by Gasteiger charge is -2.31. The maximum atomic E-state index is 3.71. The van der Waals surface area contributed by atoms with Gasteiger partial charge in [0.15, 0.2) is 0 Å². The van der Waals surface area contributed by atoms with Gasteiger partial charge in [-0.05, 0) is 61.1 Å². The summed E-state index contributed by atoms with van der Waals surface area (Å²) in [6.45, 7) is 9.22. The van der Waals surface area contributed by atoms with Crippen LogP contribution in [0.5, 0.6) is 0 Å². The monoisotopic (exact) mass is 259 g/mol. The summed E-state index contributed by atoms with van der Waals surface area (Å²) in [7, 11) is 0. The molecule has 1 heteroatoms. The van der Waals surface area contributed by atoms with Gasteiger partial charge in [-0.15, -0.1) is 0 Å². The van der Waals surface area contributed by atoms with Crippen LogP contribution in [0, 0.1) is 11.8 Å². The molecule has 0 radical (unpaired) electrons. The number of rotatable bonds is 4. The first-order valence-electron chi connectivity index (χ1n) is 7.92. The highest BCUT2D eigenvalue weighted by Gasteiger charge is 2.22. The van der Waals surface area contributed by atoms with Crippen molar-refractivity contribution in [2.45, 2.75) is 65.3 Å². The molecule has 0 saturated heterocycles. The highest BCUT2D eigenvalue weighted by molar-refractivity contribution is 5.46. The first-order valence-corrected chi connectivity index (χ1v) is 7.92. The molecule has 0 heterocycles. The lowest BCUT2D eigenvalue weighted by atomic mass is 9.79. The van der Waals surface area contributed by atoms with Gasteiger partial charge in [-0.2, -0.15) is 0 Å². The van der Waals surface area contributed by atoms with Crippen molar-refractivity contribution in [1.82, 2.24) is 0 Å². The minimum Gasteiger partial charge on any atom is -0.382 e. The van der Waals surface area contributed by atoms with Gasteiger partial charge in [-0.3, -0.25) is 0 Å². The SMILES string of the molecule is CC(C)c1ccc(NC2CCC(C(C)C)CC2)cc1. The Morgan fingerprint density at radius 2 is 1.47 bits per heavy atom. The number of anilines is 1. The van der Waals surface area contributed by atoms with Gasteiger partial charge < -0.3 is 5.32 Å². The average Bonchev–Trinajstić information content (AvgIpc) is 2.40. The molecule has 0 spiro atoms. The molecular formula is C18H29N. The maximum absolute atomic E-state index is 3.71. The normalized spacial score (nSPS) is 23.9. The summed E-state index contributed by atoms with van der Waals surface area (Å²) in [5.41, 5.74) is 2.71. The zero-order chi connectivity index (χ0) is 13.8. The van der Waals surface area contributed by atoms with Gasteiger partial charge in [0.25, 0.3) is 0 Å². The van der Waals surface area contributed by atoms with Crippen LogP contribution in [-0.4, -0.2) is 6.04 Å². The fourth-order valence-corrected chi connectivity index (χ4v) is 3.13. The first kappa shape index (κ1) is 14.4. The number of hydrogen-bond acceptors (Lipinski definition) is 1. The van der Waals surface area contributed by atoms with Gasteiger partial charge in [0.1, 0.15) is 0 Å². The van der Waals surface area contributed by atoms with Crippen LogP contribution >= 0.6 is 0 Å². The third-order valence-electron chi connectivity index (χ3n) is 4.66. The third-order valence-corrected chi connectivity index (χ3v) is 4.66. The number of hydrogen-bond donors (Lipinski definition) is 1. The molecule has 1 aromatic rings. The average molecular weight is 259 g/mol. The van der Waals surface area contributed by atoms with Crippen molar-refractivity contribution in [3.8, 4) is 0 Å². The summed E-state index contributed by atoms with van der Waals surface area (Å²) in [4.78, 5) is 0. The molecule has 0 aromatic heterocycles. The quantitative estimate of drug-likeness (QED) is 0.759. The summed E-state index contributed by atoms with van der Waals surface area (Å²) in [5, 5.41) is 3.71. The molecule has 1 fully saturated rings. The maximum Gasteiger partial charge on any atom is 0.0342 e. The molecule has 1 aliphatic carbocycles. The minimum atomic E-state index is 0.621. The van der Waals surface area contributed by atoms with Crippen LogP contribution in [0.2, 0.25) is 0 Å². The van der Waals surface area contributed by atoms with Gasteiger partial charge in [-0.1, -0.05) is 39.8 Å². The van der Waals surface area contributed by atoms with E-state index >= 15 is 0 Å². The van der Waals surface area contributed by atoms with Crippen molar-refractivity contribution in [1.29, 1.82) is 0 Å². The van der Waals surface area contributed by atoms with E-state index < -0.39 is 0 Å². The number of benzene rings is 1. The van der Waals surface area contributed by atoms with Crippen molar-refractivity contribution in [3.63, 3.8) is 0 Å². The molecule has 1 nitrogen and oxygen atoms in total. The summed E-state index contributed by atoms with van der Waals surface area (Å²) in [6, 6.07) is 9.67. The fourth-order valence-electron chi connectivity index (χ4n) is 3.13. The molecule has 1 N–H and O–H groups in total. The Balaban J connectivity index is 1.85. The van der Waals surface area contributed by atoms with E-state index in [1.165, 1.54) is 36.9 Å². The first-order chi connectivity index (χ1) is 9.06. The molecule has 2 rings (SSSR count). The van der Waals surface area contributed by atoms with E-state index in [1.54, 1.807) is 0 Å². The van der Waals surface area contributed by atoms with E-state index in [0.717, 1.165) is 11.8 Å². The molecule has 0 unspecified atom stereocenters. The summed E-state index contributed by atoms with van der Waals surface area (Å²) in [6.07, 6.45) is 5.43. The minimum absolute atomic E-state index is 0.621. The second-order valence-electron chi connectivity index (χ2n) is 6.78. The summed E-state index contributed by atoms with van der Waals surface area (Å²) >= 11 is 0. The van der Waals surface area contributed by atoms with E-state index in [2.05, 4.69) is 57.3 Å². The van der Waals surface area contributed by atoms with Crippen molar-refractivity contribution in [2.24, 2.45) is 11.8 Å². The topological polar surface area (TPSA) is 12.0 Å². The van der Waals surface area contributed by atoms with Crippen LogP contribution in [0.15, 0.2) is 24.3 Å². The van der Waals surface area contributed by atoms with Crippen molar-refractivity contribution in [3.05, 3.63) is 29.8 Å². The second-order valence-corrected chi connectivity index (χ2v) is 6.78. The van der Waals surface area contributed by atoms with E-state index in [4.69, 9.17) is 0 Å². The molecule has 0 aliphatic heterocycles. The molecule has 1 aliphatic rings. The Bertz CT molecular complexity index is 369. The summed E-state index contributed by atoms with van der Waals surface area (Å²) in [5.74, 6) is 2.42. The van der Waals surface area contributed by atoms with Gasteiger partial charge in [0.2, 0.25) is 0 Å². The Morgan fingerprint density at radius 3 is 1.95 bits per heavy atom. The highest BCUT2D eigenvalue weighted by Crippen LogP contribution is 2.31. The third kappa shape index (κ3) is 3.99. The van der Waals surface area contributed by atoms with Crippen LogP contribution in [0.25, 0.3) is 0 Å². The molecule has 106 valence electrons. The van der Waals surface area contributed by atoms with Gasteiger partial charge in [0, 0.05) is 11.7 Å². The largest absolute Gasteiger partial charge is 0.382 e. The predicted molar refractivity (Wildman–Crippen MR) is 84.7 cm³/mol. The van der Waals surface area contributed by atoms with Crippen LogP contribution in [0.1, 0.15) is 64.9 Å². The molecule has 0 amide bonds. The Kier molecular flexibility index (Phi) is 4.90. The molecule has 0 atom stereocenters. The highest BCUT2D eigenvalue weighted by atomic mass is 14.9. The van der Waals surface area contributed by atoms with Crippen molar-refractivity contribution in [2.75, 3.05) is 5.32 Å². The van der Waals surface area contributed by atoms with Crippen LogP contribution in [-0.2, 0) is 0 Å². The smallest absolute Gasteiger partial charge is 0.0342 e. The molecular weight excluding hydrogens is 230 g/mol. The van der Waals surface area contributed by atoms with E-state index in [9.17, 15) is 0 Å². The van der Waals surface area contributed by atoms with E-state index in [1.807, 2.05) is 0 Å². The standard InChI is InChI=1S/C18H29N/c1-13(2)15-5-9-17(10-6-15)19-18-11-7-16(8-12-18)14(3)4/h5-6,9-10,13-14,16,18-19H,7-8,11-12H2,1-4H3. The van der Waals surface area contributed by atoms with Gasteiger partial charge in [-0.25, -0.2) is 0 Å². The number of nitrogens with one attached hydrogen (secondary N) is 1. The Morgan fingerprint density at radius 1 is 0.895 bits per heavy atom. The predicted octanol–water partition coefficient (Wildman–Crippen LogP) is 5.44. The van der Waals surface area contributed by atoms with Gasteiger partial charge in [0.05, 0.1) is 0 Å². The second kappa shape index (κ2) is 6.45. The Labute approximate surface area is 118 Å². The molecule has 1 aromatic carbocycles. The van der Waals surface area contributed by atoms with Crippen molar-refractivity contribution >= 4 is 5.69 Å².